The number of hydrogen-bond acceptors (Lipinski definition) is 7. The summed E-state index contributed by atoms with van der Waals surface area (Å²) in [6.45, 7) is 15.8. The lowest BCUT2D eigenvalue weighted by Crippen LogP contribution is -2.61. The number of fused-ring (bicyclic) bond motifs is 2. The third-order valence-electron chi connectivity index (χ3n) is 10.9. The van der Waals surface area contributed by atoms with Gasteiger partial charge in [-0.05, 0) is 72.8 Å². The van der Waals surface area contributed by atoms with Gasteiger partial charge in [-0.2, -0.15) is 0 Å². The maximum absolute atomic E-state index is 14.8. The van der Waals surface area contributed by atoms with E-state index < -0.39 is 59.3 Å². The zero-order valence-electron chi connectivity index (χ0n) is 31.7. The number of carbonyl (C=O) groups excluding carboxylic acids is 6. The van der Waals surface area contributed by atoms with E-state index in [2.05, 4.69) is 40.4 Å². The van der Waals surface area contributed by atoms with Gasteiger partial charge in [0.2, 0.25) is 17.6 Å². The molecule has 1 unspecified atom stereocenters. The lowest BCUT2D eigenvalue weighted by Gasteiger charge is -2.36. The molecule has 13 heteroatoms. The Labute approximate surface area is 302 Å². The zero-order valence-corrected chi connectivity index (χ0v) is 31.7. The van der Waals surface area contributed by atoms with Gasteiger partial charge in [-0.25, -0.2) is 9.59 Å². The summed E-state index contributed by atoms with van der Waals surface area (Å²) in [6.07, 6.45) is 2.24. The average molecular weight is 711 g/mol. The number of Topliss-reactive ketones (excluding diaryl/α,β-unsaturated/α-hetero) is 1. The third kappa shape index (κ3) is 9.20. The van der Waals surface area contributed by atoms with Gasteiger partial charge in [0, 0.05) is 19.6 Å². The molecule has 2 fully saturated rings. The Bertz CT molecular complexity index is 1460. The molecule has 3 aliphatic rings. The van der Waals surface area contributed by atoms with Crippen LogP contribution in [-0.4, -0.2) is 90.9 Å². The Morgan fingerprint density at radius 3 is 2.14 bits per heavy atom. The van der Waals surface area contributed by atoms with Gasteiger partial charge in [0.15, 0.2) is 0 Å². The van der Waals surface area contributed by atoms with Crippen molar-refractivity contribution in [1.29, 1.82) is 0 Å². The molecule has 1 heterocycles. The largest absolute Gasteiger partial charge is 0.447 e. The van der Waals surface area contributed by atoms with E-state index in [-0.39, 0.29) is 41.7 Å². The Morgan fingerprint density at radius 1 is 0.961 bits per heavy atom. The van der Waals surface area contributed by atoms with E-state index in [0.717, 1.165) is 17.5 Å². The fraction of sp³-hybridized carbons (Fsp3) is 0.684. The molecular formula is C38H58N6O7. The number of rotatable bonds is 14. The zero-order chi connectivity index (χ0) is 37.8. The molecule has 0 spiro atoms. The maximum atomic E-state index is 14.8. The van der Waals surface area contributed by atoms with Gasteiger partial charge < -0.3 is 36.2 Å². The molecule has 0 bridgehead atoms. The fourth-order valence-corrected chi connectivity index (χ4v) is 7.70. The van der Waals surface area contributed by atoms with Crippen molar-refractivity contribution in [1.82, 2.24) is 31.5 Å². The van der Waals surface area contributed by atoms with Crippen LogP contribution >= 0.6 is 0 Å². The number of piperidine rings is 1. The monoisotopic (exact) mass is 710 g/mol. The second-order valence-corrected chi connectivity index (χ2v) is 16.4. The fourth-order valence-electron chi connectivity index (χ4n) is 7.70. The van der Waals surface area contributed by atoms with E-state index in [1.54, 1.807) is 4.90 Å². The van der Waals surface area contributed by atoms with Gasteiger partial charge in [-0.15, -0.1) is 0 Å². The quantitative estimate of drug-likeness (QED) is 0.185. The summed E-state index contributed by atoms with van der Waals surface area (Å²) >= 11 is 0. The normalized spacial score (nSPS) is 22.2. The second kappa shape index (κ2) is 16.0. The van der Waals surface area contributed by atoms with Crippen molar-refractivity contribution < 1.29 is 33.5 Å². The number of likely N-dealkylation sites (tertiary alicyclic amines) is 1. The second-order valence-electron chi connectivity index (χ2n) is 16.4. The number of carbonyl (C=O) groups is 6. The van der Waals surface area contributed by atoms with Crippen LogP contribution in [0, 0.1) is 28.6 Å². The van der Waals surface area contributed by atoms with Crippen LogP contribution in [0.5, 0.6) is 0 Å². The van der Waals surface area contributed by atoms with Gasteiger partial charge >= 0.3 is 12.1 Å². The first kappa shape index (κ1) is 39.6. The summed E-state index contributed by atoms with van der Waals surface area (Å²) in [5.74, 6) is -2.69. The molecule has 1 saturated heterocycles. The molecule has 0 aromatic heterocycles. The molecule has 1 saturated carbocycles. The number of nitrogens with one attached hydrogen (secondary N) is 5. The number of alkyl carbamates (subject to hydrolysis) is 1. The summed E-state index contributed by atoms with van der Waals surface area (Å²) in [4.78, 5) is 81.8. The van der Waals surface area contributed by atoms with Crippen LogP contribution in [0.4, 0.5) is 9.59 Å². The Hall–Kier alpha value is -4.16. The SMILES string of the molecule is CCCCC(NC(=O)[C@@H]1[C@@H]2[C@H](CN1C(=O)[C@@H](NC(=O)N[C@H](COC(=O)NC(C)C)C(C)(C)C)C1Cc3ccccc3C1)C2(C)C)C(=O)C(=O)NC. The first-order valence-corrected chi connectivity index (χ1v) is 18.3. The van der Waals surface area contributed by atoms with Crippen molar-refractivity contribution in [2.24, 2.45) is 28.6 Å². The van der Waals surface area contributed by atoms with Crippen LogP contribution < -0.4 is 26.6 Å². The van der Waals surface area contributed by atoms with Gasteiger partial charge in [0.1, 0.15) is 18.7 Å². The molecule has 1 aliphatic heterocycles. The number of unbranched alkanes of at least 4 members (excludes halogenated alkanes) is 1. The molecule has 0 radical (unpaired) electrons. The van der Waals surface area contributed by atoms with Crippen LogP contribution in [0.25, 0.3) is 0 Å². The predicted molar refractivity (Wildman–Crippen MR) is 192 cm³/mol. The minimum absolute atomic E-state index is 0.0654. The van der Waals surface area contributed by atoms with Crippen molar-refractivity contribution in [3.05, 3.63) is 35.4 Å². The highest BCUT2D eigenvalue weighted by Gasteiger charge is 2.69. The number of benzene rings is 1. The lowest BCUT2D eigenvalue weighted by molar-refractivity contribution is -0.144. The van der Waals surface area contributed by atoms with Crippen LogP contribution in [0.3, 0.4) is 0 Å². The summed E-state index contributed by atoms with van der Waals surface area (Å²) < 4.78 is 5.43. The van der Waals surface area contributed by atoms with Crippen molar-refractivity contribution >= 4 is 35.6 Å². The molecule has 6 atom stereocenters. The third-order valence-corrected chi connectivity index (χ3v) is 10.9. The van der Waals surface area contributed by atoms with Crippen molar-refractivity contribution in [2.75, 3.05) is 20.2 Å². The van der Waals surface area contributed by atoms with E-state index in [1.807, 2.05) is 65.8 Å². The minimum atomic E-state index is -1.02. The highest BCUT2D eigenvalue weighted by atomic mass is 16.5. The molecule has 13 nitrogen and oxygen atoms in total. The predicted octanol–water partition coefficient (Wildman–Crippen LogP) is 3.09. The molecule has 4 rings (SSSR count). The summed E-state index contributed by atoms with van der Waals surface area (Å²) in [6, 6.07) is 3.82. The number of amides is 6. The maximum Gasteiger partial charge on any atom is 0.407 e. The van der Waals surface area contributed by atoms with E-state index in [0.29, 0.717) is 32.2 Å². The standard InChI is InChI=1S/C38H58N6O7/c1-10-11-16-26(31(45)33(47)39-9)41-32(46)30-28-25(38(28,7)8)19-44(30)34(48)29(24-17-22-14-12-13-15-23(22)18-24)43-35(49)42-27(37(4,5)6)20-51-36(50)40-21(2)3/h12-15,21,24-30H,10-11,16-20H2,1-9H3,(H,39,47)(H,40,50)(H,41,46)(H2,42,43,49)/t25-,26?,27+,28-,29-,30-/m0/s1. The minimum Gasteiger partial charge on any atom is -0.447 e. The Morgan fingerprint density at radius 2 is 1.59 bits per heavy atom. The van der Waals surface area contributed by atoms with Crippen molar-refractivity contribution in [3.63, 3.8) is 0 Å². The summed E-state index contributed by atoms with van der Waals surface area (Å²) in [5.41, 5.74) is 1.51. The average Bonchev–Trinajstić information content (AvgIpc) is 3.42. The molecular weight excluding hydrogens is 652 g/mol. The summed E-state index contributed by atoms with van der Waals surface area (Å²) in [7, 11) is 1.37. The first-order valence-electron chi connectivity index (χ1n) is 18.3. The Balaban J connectivity index is 1.59. The molecule has 51 heavy (non-hydrogen) atoms. The van der Waals surface area contributed by atoms with Crippen molar-refractivity contribution in [2.45, 2.75) is 118 Å². The lowest BCUT2D eigenvalue weighted by atomic mass is 9.87. The van der Waals surface area contributed by atoms with E-state index in [4.69, 9.17) is 4.74 Å². The van der Waals surface area contributed by atoms with E-state index >= 15 is 0 Å². The van der Waals surface area contributed by atoms with E-state index in [9.17, 15) is 28.8 Å². The smallest absolute Gasteiger partial charge is 0.407 e. The van der Waals surface area contributed by atoms with Gasteiger partial charge in [0.05, 0.1) is 12.1 Å². The van der Waals surface area contributed by atoms with Crippen LogP contribution in [0.15, 0.2) is 24.3 Å². The number of likely N-dealkylation sites (N-methyl/N-ethyl adjacent to an activating group) is 1. The Kier molecular flexibility index (Phi) is 12.4. The molecule has 1 aromatic rings. The van der Waals surface area contributed by atoms with Crippen molar-refractivity contribution in [3.8, 4) is 0 Å². The van der Waals surface area contributed by atoms with Crippen LogP contribution in [0.1, 0.15) is 85.8 Å². The highest BCUT2D eigenvalue weighted by molar-refractivity contribution is 6.38. The molecule has 282 valence electrons. The molecule has 6 amide bonds. The van der Waals surface area contributed by atoms with Crippen LogP contribution in [-0.2, 0) is 36.8 Å². The van der Waals surface area contributed by atoms with Gasteiger partial charge in [-0.3, -0.25) is 19.2 Å². The number of ketones is 1. The number of ether oxygens (including phenoxy) is 1. The number of nitrogens with zero attached hydrogens (tertiary/aromatic N) is 1. The molecule has 2 aliphatic carbocycles. The molecule has 1 aromatic carbocycles. The number of hydrogen-bond donors (Lipinski definition) is 5. The number of urea groups is 1. The highest BCUT2D eigenvalue weighted by Crippen LogP contribution is 2.65. The summed E-state index contributed by atoms with van der Waals surface area (Å²) in [5, 5.41) is 13.8. The van der Waals surface area contributed by atoms with E-state index in [1.165, 1.54) is 7.05 Å². The topological polar surface area (TPSA) is 175 Å². The first-order chi connectivity index (χ1) is 23.9. The van der Waals surface area contributed by atoms with Gasteiger partial charge in [0.25, 0.3) is 5.91 Å². The van der Waals surface area contributed by atoms with Gasteiger partial charge in [-0.1, -0.05) is 78.6 Å². The van der Waals surface area contributed by atoms with Crippen LogP contribution in [0.2, 0.25) is 0 Å². The molecule has 5 N–H and O–H groups in total.